The number of anilines is 1. The second-order valence-electron chi connectivity index (χ2n) is 4.38. The number of nitrogens with one attached hydrogen (secondary N) is 2. The Morgan fingerprint density at radius 3 is 2.70 bits per heavy atom. The third kappa shape index (κ3) is 2.51. The first-order valence-electron chi connectivity index (χ1n) is 6.20. The van der Waals surface area contributed by atoms with E-state index in [0.29, 0.717) is 17.4 Å². The monoisotopic (exact) mass is 285 g/mol. The van der Waals surface area contributed by atoms with Gasteiger partial charge in [0.15, 0.2) is 5.82 Å². The molecule has 0 bridgehead atoms. The van der Waals surface area contributed by atoms with E-state index in [9.17, 15) is 4.79 Å². The van der Waals surface area contributed by atoms with Crippen LogP contribution in [0.2, 0.25) is 5.02 Å². The second-order valence-corrected chi connectivity index (χ2v) is 4.78. The van der Waals surface area contributed by atoms with Crippen LogP contribution in [0, 0.1) is 0 Å². The average Bonchev–Trinajstić information content (AvgIpc) is 2.46. The Kier molecular flexibility index (Phi) is 3.39. The largest absolute Gasteiger partial charge is 0.361 e. The zero-order valence-corrected chi connectivity index (χ0v) is 11.3. The molecule has 5 heteroatoms. The molecule has 3 rings (SSSR count). The van der Waals surface area contributed by atoms with Crippen molar-refractivity contribution >= 4 is 28.5 Å². The summed E-state index contributed by atoms with van der Waals surface area (Å²) in [7, 11) is 0. The number of nitrogens with zero attached hydrogens (tertiary/aromatic N) is 1. The Morgan fingerprint density at radius 1 is 1.10 bits per heavy atom. The molecular formula is C15H12ClN3O. The molecule has 0 amide bonds. The maximum atomic E-state index is 11.9. The molecular weight excluding hydrogens is 274 g/mol. The van der Waals surface area contributed by atoms with E-state index in [1.807, 2.05) is 48.5 Å². The van der Waals surface area contributed by atoms with Crippen LogP contribution in [-0.4, -0.2) is 9.97 Å². The van der Waals surface area contributed by atoms with Crippen LogP contribution in [0.5, 0.6) is 0 Å². The summed E-state index contributed by atoms with van der Waals surface area (Å²) in [6, 6.07) is 14.9. The van der Waals surface area contributed by atoms with E-state index in [0.717, 1.165) is 16.6 Å². The van der Waals surface area contributed by atoms with E-state index in [4.69, 9.17) is 11.6 Å². The lowest BCUT2D eigenvalue weighted by Crippen LogP contribution is -2.16. The summed E-state index contributed by atoms with van der Waals surface area (Å²) < 4.78 is 0. The molecule has 1 aromatic heterocycles. The van der Waals surface area contributed by atoms with Gasteiger partial charge in [0.25, 0.3) is 5.56 Å². The van der Waals surface area contributed by atoms with Crippen LogP contribution in [0.25, 0.3) is 11.0 Å². The minimum Gasteiger partial charge on any atom is -0.361 e. The Hall–Kier alpha value is -2.33. The quantitative estimate of drug-likeness (QED) is 0.777. The number of hydrogen-bond donors (Lipinski definition) is 2. The van der Waals surface area contributed by atoms with Crippen molar-refractivity contribution in [2.75, 3.05) is 5.32 Å². The van der Waals surface area contributed by atoms with Crippen LogP contribution in [-0.2, 0) is 6.54 Å². The number of para-hydroxylation sites is 2. The van der Waals surface area contributed by atoms with E-state index < -0.39 is 0 Å². The second kappa shape index (κ2) is 5.35. The molecule has 0 fully saturated rings. The van der Waals surface area contributed by atoms with Crippen molar-refractivity contribution < 1.29 is 0 Å². The number of aromatic amines is 1. The lowest BCUT2D eigenvalue weighted by Gasteiger charge is -2.07. The van der Waals surface area contributed by atoms with Crippen LogP contribution >= 0.6 is 11.6 Å². The fourth-order valence-electron chi connectivity index (χ4n) is 1.97. The van der Waals surface area contributed by atoms with Crippen molar-refractivity contribution in [2.24, 2.45) is 0 Å². The van der Waals surface area contributed by atoms with Crippen LogP contribution in [0.1, 0.15) is 5.56 Å². The summed E-state index contributed by atoms with van der Waals surface area (Å²) in [5.74, 6) is 0.295. The van der Waals surface area contributed by atoms with Gasteiger partial charge in [0.2, 0.25) is 0 Å². The normalized spacial score (nSPS) is 10.7. The Balaban J connectivity index is 1.89. The molecule has 0 saturated carbocycles. The van der Waals surface area contributed by atoms with Crippen molar-refractivity contribution in [1.82, 2.24) is 9.97 Å². The predicted molar refractivity (Wildman–Crippen MR) is 81.1 cm³/mol. The summed E-state index contributed by atoms with van der Waals surface area (Å²) >= 11 is 6.08. The fraction of sp³-hybridized carbons (Fsp3) is 0.0667. The first-order chi connectivity index (χ1) is 9.74. The number of rotatable bonds is 3. The molecule has 20 heavy (non-hydrogen) atoms. The Bertz CT molecular complexity index is 813. The minimum absolute atomic E-state index is 0.240. The Morgan fingerprint density at radius 2 is 1.85 bits per heavy atom. The number of hydrogen-bond acceptors (Lipinski definition) is 3. The molecule has 2 N–H and O–H groups in total. The lowest BCUT2D eigenvalue weighted by molar-refractivity contribution is 1.09. The molecule has 2 aromatic carbocycles. The van der Waals surface area contributed by atoms with Gasteiger partial charge in [-0.05, 0) is 23.8 Å². The zero-order valence-electron chi connectivity index (χ0n) is 10.6. The van der Waals surface area contributed by atoms with Crippen molar-refractivity contribution in [1.29, 1.82) is 0 Å². The molecule has 0 unspecified atom stereocenters. The van der Waals surface area contributed by atoms with Crippen molar-refractivity contribution in [3.63, 3.8) is 0 Å². The molecule has 4 nitrogen and oxygen atoms in total. The molecule has 3 aromatic rings. The van der Waals surface area contributed by atoms with E-state index in [2.05, 4.69) is 15.3 Å². The zero-order chi connectivity index (χ0) is 13.9. The predicted octanol–water partition coefficient (Wildman–Crippen LogP) is 3.19. The number of halogens is 1. The maximum absolute atomic E-state index is 11.9. The molecule has 0 aliphatic heterocycles. The van der Waals surface area contributed by atoms with Gasteiger partial charge >= 0.3 is 0 Å². The highest BCUT2D eigenvalue weighted by atomic mass is 35.5. The first kappa shape index (κ1) is 12.7. The highest BCUT2D eigenvalue weighted by Crippen LogP contribution is 2.16. The van der Waals surface area contributed by atoms with Gasteiger partial charge in [-0.25, -0.2) is 4.98 Å². The van der Waals surface area contributed by atoms with Gasteiger partial charge in [0.1, 0.15) is 0 Å². The lowest BCUT2D eigenvalue weighted by atomic mass is 10.2. The van der Waals surface area contributed by atoms with Gasteiger partial charge in [-0.1, -0.05) is 41.9 Å². The molecule has 1 heterocycles. The van der Waals surface area contributed by atoms with E-state index in [1.54, 1.807) is 0 Å². The van der Waals surface area contributed by atoms with Crippen molar-refractivity contribution in [3.05, 3.63) is 69.5 Å². The summed E-state index contributed by atoms with van der Waals surface area (Å²) in [6.07, 6.45) is 0. The first-order valence-corrected chi connectivity index (χ1v) is 6.58. The van der Waals surface area contributed by atoms with E-state index >= 15 is 0 Å². The highest BCUT2D eigenvalue weighted by molar-refractivity contribution is 6.31. The fourth-order valence-corrected chi connectivity index (χ4v) is 2.17. The van der Waals surface area contributed by atoms with Gasteiger partial charge in [-0.2, -0.15) is 0 Å². The van der Waals surface area contributed by atoms with Gasteiger partial charge < -0.3 is 10.3 Å². The standard InChI is InChI=1S/C15H12ClN3O/c16-11-6-2-1-5-10(11)9-17-14-15(20)19-13-8-4-3-7-12(13)18-14/h1-8H,9H2,(H,17,18)(H,19,20). The molecule has 0 radical (unpaired) electrons. The summed E-state index contributed by atoms with van der Waals surface area (Å²) in [4.78, 5) is 19.0. The van der Waals surface area contributed by atoms with E-state index in [-0.39, 0.29) is 5.56 Å². The van der Waals surface area contributed by atoms with Crippen LogP contribution in [0.3, 0.4) is 0 Å². The molecule has 0 spiro atoms. The number of H-pyrrole nitrogens is 1. The molecule has 0 aliphatic rings. The van der Waals surface area contributed by atoms with Gasteiger partial charge in [0.05, 0.1) is 11.0 Å². The van der Waals surface area contributed by atoms with Crippen molar-refractivity contribution in [3.8, 4) is 0 Å². The van der Waals surface area contributed by atoms with Crippen molar-refractivity contribution in [2.45, 2.75) is 6.54 Å². The Labute approximate surface area is 120 Å². The smallest absolute Gasteiger partial charge is 0.291 e. The number of fused-ring (bicyclic) bond motifs is 1. The average molecular weight is 286 g/mol. The summed E-state index contributed by atoms with van der Waals surface area (Å²) in [5, 5.41) is 3.69. The number of aromatic nitrogens is 2. The van der Waals surface area contributed by atoms with Gasteiger partial charge in [0, 0.05) is 11.6 Å². The molecule has 0 aliphatic carbocycles. The number of benzene rings is 2. The van der Waals surface area contributed by atoms with Crippen LogP contribution in [0.4, 0.5) is 5.82 Å². The SMILES string of the molecule is O=c1[nH]c2ccccc2nc1NCc1ccccc1Cl. The third-order valence-electron chi connectivity index (χ3n) is 3.00. The third-order valence-corrected chi connectivity index (χ3v) is 3.37. The van der Waals surface area contributed by atoms with E-state index in [1.165, 1.54) is 0 Å². The molecule has 0 saturated heterocycles. The summed E-state index contributed by atoms with van der Waals surface area (Å²) in [6.45, 7) is 0.452. The maximum Gasteiger partial charge on any atom is 0.291 e. The van der Waals surface area contributed by atoms with Gasteiger partial charge in [-0.15, -0.1) is 0 Å². The minimum atomic E-state index is -0.240. The topological polar surface area (TPSA) is 57.8 Å². The van der Waals surface area contributed by atoms with Crippen LogP contribution < -0.4 is 10.9 Å². The summed E-state index contributed by atoms with van der Waals surface area (Å²) in [5.41, 5.74) is 2.15. The van der Waals surface area contributed by atoms with Crippen LogP contribution in [0.15, 0.2) is 53.3 Å². The molecule has 0 atom stereocenters. The highest BCUT2D eigenvalue weighted by Gasteiger charge is 2.05. The van der Waals surface area contributed by atoms with Gasteiger partial charge in [-0.3, -0.25) is 4.79 Å². The molecule has 100 valence electrons.